The van der Waals surface area contributed by atoms with Gasteiger partial charge in [0.2, 0.25) is 5.91 Å². The van der Waals surface area contributed by atoms with E-state index in [4.69, 9.17) is 11.6 Å². The standard InChI is InChI=1S/C21H21ClN4OS/c1-4-11-26-20(16-9-6-10-17(22)12-16)24-25-21(26)28-13-18(27)23-19-14(2)7-5-8-15(19)3/h4-10,12H,1,11,13H2,2-3H3,(H,23,27). The van der Waals surface area contributed by atoms with Crippen molar-refractivity contribution in [1.82, 2.24) is 14.8 Å². The Labute approximate surface area is 173 Å². The molecule has 3 rings (SSSR count). The number of allylic oxidation sites excluding steroid dienone is 1. The molecule has 0 unspecified atom stereocenters. The van der Waals surface area contributed by atoms with E-state index < -0.39 is 0 Å². The maximum atomic E-state index is 12.5. The molecule has 0 aliphatic carbocycles. The van der Waals surface area contributed by atoms with E-state index in [-0.39, 0.29) is 11.7 Å². The highest BCUT2D eigenvalue weighted by molar-refractivity contribution is 7.99. The number of nitrogens with one attached hydrogen (secondary N) is 1. The van der Waals surface area contributed by atoms with Gasteiger partial charge in [0.1, 0.15) is 0 Å². The maximum Gasteiger partial charge on any atom is 0.234 e. The highest BCUT2D eigenvalue weighted by atomic mass is 35.5. The van der Waals surface area contributed by atoms with Crippen LogP contribution in [-0.2, 0) is 11.3 Å². The zero-order valence-electron chi connectivity index (χ0n) is 15.8. The number of aromatic nitrogens is 3. The molecule has 0 bridgehead atoms. The number of nitrogens with zero attached hydrogens (tertiary/aromatic N) is 3. The number of hydrogen-bond donors (Lipinski definition) is 1. The van der Waals surface area contributed by atoms with Gasteiger partial charge >= 0.3 is 0 Å². The van der Waals surface area contributed by atoms with Crippen LogP contribution in [-0.4, -0.2) is 26.4 Å². The summed E-state index contributed by atoms with van der Waals surface area (Å²) in [5.74, 6) is 0.846. The number of para-hydroxylation sites is 1. The van der Waals surface area contributed by atoms with Crippen molar-refractivity contribution >= 4 is 35.0 Å². The summed E-state index contributed by atoms with van der Waals surface area (Å²) < 4.78 is 1.93. The third-order valence-corrected chi connectivity index (χ3v) is 5.39. The number of aryl methyl sites for hydroxylation is 2. The van der Waals surface area contributed by atoms with Crippen molar-refractivity contribution < 1.29 is 4.79 Å². The number of halogens is 1. The van der Waals surface area contributed by atoms with Crippen LogP contribution in [0.4, 0.5) is 5.69 Å². The van der Waals surface area contributed by atoms with Crippen LogP contribution in [0.25, 0.3) is 11.4 Å². The summed E-state index contributed by atoms with van der Waals surface area (Å²) in [4.78, 5) is 12.5. The summed E-state index contributed by atoms with van der Waals surface area (Å²) >= 11 is 7.44. The molecule has 0 aliphatic rings. The van der Waals surface area contributed by atoms with Gasteiger partial charge in [-0.25, -0.2) is 0 Å². The van der Waals surface area contributed by atoms with Gasteiger partial charge < -0.3 is 5.32 Å². The van der Waals surface area contributed by atoms with Crippen LogP contribution in [0.15, 0.2) is 60.3 Å². The zero-order valence-corrected chi connectivity index (χ0v) is 17.3. The lowest BCUT2D eigenvalue weighted by molar-refractivity contribution is -0.113. The molecule has 0 radical (unpaired) electrons. The summed E-state index contributed by atoms with van der Waals surface area (Å²) in [6, 6.07) is 13.4. The van der Waals surface area contributed by atoms with Crippen molar-refractivity contribution in [3.8, 4) is 11.4 Å². The molecule has 3 aromatic rings. The van der Waals surface area contributed by atoms with Gasteiger partial charge in [-0.15, -0.1) is 16.8 Å². The summed E-state index contributed by atoms with van der Waals surface area (Å²) in [5.41, 5.74) is 3.81. The number of benzene rings is 2. The van der Waals surface area contributed by atoms with Gasteiger partial charge in [0.25, 0.3) is 0 Å². The van der Waals surface area contributed by atoms with Crippen LogP contribution in [0.3, 0.4) is 0 Å². The van der Waals surface area contributed by atoms with Crippen molar-refractivity contribution in [3.05, 3.63) is 71.3 Å². The quantitative estimate of drug-likeness (QED) is 0.431. The number of carbonyl (C=O) groups excluding carboxylic acids is 1. The molecular formula is C21H21ClN4OS. The largest absolute Gasteiger partial charge is 0.325 e. The van der Waals surface area contributed by atoms with Gasteiger partial charge in [-0.3, -0.25) is 9.36 Å². The minimum atomic E-state index is -0.0835. The first kappa shape index (κ1) is 20.2. The SMILES string of the molecule is C=CCn1c(SCC(=O)Nc2c(C)cccc2C)nnc1-c1cccc(Cl)c1. The monoisotopic (exact) mass is 412 g/mol. The summed E-state index contributed by atoms with van der Waals surface area (Å²) in [7, 11) is 0. The Morgan fingerprint density at radius 2 is 1.93 bits per heavy atom. The molecule has 1 amide bonds. The Hall–Kier alpha value is -2.57. The number of rotatable bonds is 7. The van der Waals surface area contributed by atoms with Crippen LogP contribution >= 0.6 is 23.4 Å². The van der Waals surface area contributed by atoms with Gasteiger partial charge in [-0.1, -0.05) is 59.8 Å². The van der Waals surface area contributed by atoms with Gasteiger partial charge in [0.15, 0.2) is 11.0 Å². The summed E-state index contributed by atoms with van der Waals surface area (Å²) in [6.07, 6.45) is 1.78. The van der Waals surface area contributed by atoms with Crippen molar-refractivity contribution in [2.75, 3.05) is 11.1 Å². The van der Waals surface area contributed by atoms with Gasteiger partial charge in [-0.05, 0) is 37.1 Å². The molecular weight excluding hydrogens is 392 g/mol. The second-order valence-corrected chi connectivity index (χ2v) is 7.70. The second-order valence-electron chi connectivity index (χ2n) is 6.32. The number of hydrogen-bond acceptors (Lipinski definition) is 4. The molecule has 7 heteroatoms. The minimum Gasteiger partial charge on any atom is -0.325 e. The zero-order chi connectivity index (χ0) is 20.1. The van der Waals surface area contributed by atoms with Crippen molar-refractivity contribution in [2.45, 2.75) is 25.5 Å². The molecule has 0 spiro atoms. The van der Waals surface area contributed by atoms with E-state index in [2.05, 4.69) is 22.1 Å². The maximum absolute atomic E-state index is 12.5. The molecule has 1 heterocycles. The molecule has 144 valence electrons. The van der Waals surface area contributed by atoms with Crippen LogP contribution in [0.5, 0.6) is 0 Å². The number of anilines is 1. The fraction of sp³-hybridized carbons (Fsp3) is 0.190. The van der Waals surface area contributed by atoms with E-state index >= 15 is 0 Å². The van der Waals surface area contributed by atoms with Gasteiger partial charge in [-0.2, -0.15) is 0 Å². The molecule has 0 saturated heterocycles. The third kappa shape index (κ3) is 4.64. The smallest absolute Gasteiger partial charge is 0.234 e. The first-order chi connectivity index (χ1) is 13.5. The average Bonchev–Trinajstić information content (AvgIpc) is 3.06. The predicted molar refractivity (Wildman–Crippen MR) is 116 cm³/mol. The van der Waals surface area contributed by atoms with Crippen LogP contribution in [0.1, 0.15) is 11.1 Å². The Balaban J connectivity index is 1.75. The average molecular weight is 413 g/mol. The number of amides is 1. The second kappa shape index (κ2) is 9.08. The van der Waals surface area contributed by atoms with E-state index in [1.54, 1.807) is 6.08 Å². The topological polar surface area (TPSA) is 59.8 Å². The van der Waals surface area contributed by atoms with E-state index in [0.717, 1.165) is 22.4 Å². The Morgan fingerprint density at radius 3 is 2.61 bits per heavy atom. The lowest BCUT2D eigenvalue weighted by Gasteiger charge is -2.11. The Morgan fingerprint density at radius 1 is 1.21 bits per heavy atom. The fourth-order valence-electron chi connectivity index (χ4n) is 2.85. The van der Waals surface area contributed by atoms with Gasteiger partial charge in [0.05, 0.1) is 5.75 Å². The van der Waals surface area contributed by atoms with Crippen LogP contribution in [0, 0.1) is 13.8 Å². The predicted octanol–water partition coefficient (Wildman–Crippen LogP) is 5.13. The molecule has 5 nitrogen and oxygen atoms in total. The van der Waals surface area contributed by atoms with E-state index in [0.29, 0.717) is 22.5 Å². The number of thioether (sulfide) groups is 1. The molecule has 1 N–H and O–H groups in total. The molecule has 2 aromatic carbocycles. The Bertz CT molecular complexity index is 995. The molecule has 0 saturated carbocycles. The molecule has 28 heavy (non-hydrogen) atoms. The normalized spacial score (nSPS) is 10.7. The Kier molecular flexibility index (Phi) is 6.54. The lowest BCUT2D eigenvalue weighted by Crippen LogP contribution is -2.16. The minimum absolute atomic E-state index is 0.0835. The van der Waals surface area contributed by atoms with Crippen molar-refractivity contribution in [3.63, 3.8) is 0 Å². The first-order valence-corrected chi connectivity index (χ1v) is 10.1. The molecule has 0 atom stereocenters. The van der Waals surface area contributed by atoms with Crippen LogP contribution < -0.4 is 5.32 Å². The van der Waals surface area contributed by atoms with E-state index in [9.17, 15) is 4.79 Å². The summed E-state index contributed by atoms with van der Waals surface area (Å²) in [5, 5.41) is 12.8. The highest BCUT2D eigenvalue weighted by Crippen LogP contribution is 2.26. The van der Waals surface area contributed by atoms with Crippen molar-refractivity contribution in [2.24, 2.45) is 0 Å². The number of carbonyl (C=O) groups is 1. The highest BCUT2D eigenvalue weighted by Gasteiger charge is 2.16. The van der Waals surface area contributed by atoms with E-state index in [1.807, 2.05) is 60.9 Å². The third-order valence-electron chi connectivity index (χ3n) is 4.19. The summed E-state index contributed by atoms with van der Waals surface area (Å²) in [6.45, 7) is 8.31. The lowest BCUT2D eigenvalue weighted by atomic mass is 10.1. The molecule has 0 fully saturated rings. The fourth-order valence-corrected chi connectivity index (χ4v) is 3.79. The van der Waals surface area contributed by atoms with E-state index in [1.165, 1.54) is 11.8 Å². The van der Waals surface area contributed by atoms with Crippen molar-refractivity contribution in [1.29, 1.82) is 0 Å². The molecule has 0 aliphatic heterocycles. The first-order valence-electron chi connectivity index (χ1n) is 8.78. The molecule has 1 aromatic heterocycles. The van der Waals surface area contributed by atoms with Gasteiger partial charge in [0, 0.05) is 22.8 Å². The van der Waals surface area contributed by atoms with Crippen LogP contribution in [0.2, 0.25) is 5.02 Å².